The standard InChI is InChI=1S/C6H11N3S/c1-5(2)3-10-6-7-4-8-9-6/h4-5H,3H2,1-2H3,(H,7,8,9). The van der Waals surface area contributed by atoms with Crippen molar-refractivity contribution in [2.75, 3.05) is 5.75 Å². The summed E-state index contributed by atoms with van der Waals surface area (Å²) >= 11 is 1.71. The van der Waals surface area contributed by atoms with Gasteiger partial charge in [0.2, 0.25) is 0 Å². The minimum Gasteiger partial charge on any atom is -0.254 e. The largest absolute Gasteiger partial charge is 0.254 e. The van der Waals surface area contributed by atoms with Crippen LogP contribution in [0.2, 0.25) is 0 Å². The van der Waals surface area contributed by atoms with Gasteiger partial charge in [0.05, 0.1) is 0 Å². The van der Waals surface area contributed by atoms with Crippen molar-refractivity contribution in [2.24, 2.45) is 5.92 Å². The van der Waals surface area contributed by atoms with Crippen LogP contribution in [-0.4, -0.2) is 20.9 Å². The molecule has 0 amide bonds. The Bertz CT molecular complexity index is 171. The molecular formula is C6H11N3S. The lowest BCUT2D eigenvalue weighted by atomic mass is 10.3. The van der Waals surface area contributed by atoms with Crippen molar-refractivity contribution in [3.8, 4) is 0 Å². The van der Waals surface area contributed by atoms with Crippen LogP contribution in [0, 0.1) is 5.92 Å². The number of H-pyrrole nitrogens is 1. The summed E-state index contributed by atoms with van der Waals surface area (Å²) in [4.78, 5) is 3.98. The predicted molar refractivity (Wildman–Crippen MR) is 41.9 cm³/mol. The fourth-order valence-corrected chi connectivity index (χ4v) is 1.24. The van der Waals surface area contributed by atoms with Gasteiger partial charge in [0.25, 0.3) is 0 Å². The van der Waals surface area contributed by atoms with Crippen LogP contribution in [0.1, 0.15) is 13.8 Å². The quantitative estimate of drug-likeness (QED) is 0.677. The summed E-state index contributed by atoms with van der Waals surface area (Å²) in [5.41, 5.74) is 0. The maximum absolute atomic E-state index is 3.98. The molecule has 0 bridgehead atoms. The molecule has 0 spiro atoms. The molecule has 1 N–H and O–H groups in total. The number of thioether (sulfide) groups is 1. The van der Waals surface area contributed by atoms with Crippen molar-refractivity contribution >= 4 is 11.8 Å². The number of hydrogen-bond donors (Lipinski definition) is 1. The third-order valence-electron chi connectivity index (χ3n) is 0.946. The first-order valence-corrected chi connectivity index (χ1v) is 4.25. The molecule has 0 aromatic carbocycles. The van der Waals surface area contributed by atoms with Crippen LogP contribution >= 0.6 is 11.8 Å². The van der Waals surface area contributed by atoms with Crippen molar-refractivity contribution in [3.63, 3.8) is 0 Å². The first-order valence-electron chi connectivity index (χ1n) is 3.27. The maximum Gasteiger partial charge on any atom is 0.183 e. The normalized spacial score (nSPS) is 10.7. The number of nitrogens with one attached hydrogen (secondary N) is 1. The number of rotatable bonds is 3. The van der Waals surface area contributed by atoms with E-state index >= 15 is 0 Å². The van der Waals surface area contributed by atoms with Gasteiger partial charge in [-0.05, 0) is 5.92 Å². The minimum atomic E-state index is 0.704. The first kappa shape index (κ1) is 7.60. The Balaban J connectivity index is 2.28. The zero-order chi connectivity index (χ0) is 7.40. The molecular weight excluding hydrogens is 146 g/mol. The average Bonchev–Trinajstić information content (AvgIpc) is 2.34. The molecule has 4 heteroatoms. The molecule has 0 aliphatic carbocycles. The topological polar surface area (TPSA) is 41.6 Å². The Morgan fingerprint density at radius 3 is 3.00 bits per heavy atom. The smallest absolute Gasteiger partial charge is 0.183 e. The molecule has 1 aromatic heterocycles. The Morgan fingerprint density at radius 1 is 1.70 bits per heavy atom. The van der Waals surface area contributed by atoms with E-state index < -0.39 is 0 Å². The lowest BCUT2D eigenvalue weighted by molar-refractivity contribution is 0.748. The van der Waals surface area contributed by atoms with Gasteiger partial charge in [-0.3, -0.25) is 5.10 Å². The van der Waals surface area contributed by atoms with E-state index in [1.165, 1.54) is 6.33 Å². The van der Waals surface area contributed by atoms with E-state index in [1.54, 1.807) is 11.8 Å². The van der Waals surface area contributed by atoms with E-state index in [2.05, 4.69) is 29.0 Å². The van der Waals surface area contributed by atoms with Gasteiger partial charge in [-0.2, -0.15) is 5.10 Å². The number of hydrogen-bond acceptors (Lipinski definition) is 3. The van der Waals surface area contributed by atoms with E-state index in [4.69, 9.17) is 0 Å². The molecule has 1 rings (SSSR count). The highest BCUT2D eigenvalue weighted by Gasteiger charge is 1.97. The van der Waals surface area contributed by atoms with E-state index in [1.807, 2.05) is 0 Å². The molecule has 0 unspecified atom stereocenters. The molecule has 0 radical (unpaired) electrons. The molecule has 10 heavy (non-hydrogen) atoms. The fraction of sp³-hybridized carbons (Fsp3) is 0.667. The summed E-state index contributed by atoms with van der Waals surface area (Å²) in [6.45, 7) is 4.37. The van der Waals surface area contributed by atoms with Gasteiger partial charge < -0.3 is 0 Å². The van der Waals surface area contributed by atoms with Crippen molar-refractivity contribution in [3.05, 3.63) is 6.33 Å². The van der Waals surface area contributed by atoms with Gasteiger partial charge in [0.1, 0.15) is 6.33 Å². The number of nitrogens with zero attached hydrogens (tertiary/aromatic N) is 2. The molecule has 0 aliphatic heterocycles. The molecule has 0 aliphatic rings. The van der Waals surface area contributed by atoms with Gasteiger partial charge in [-0.15, -0.1) is 0 Å². The summed E-state index contributed by atoms with van der Waals surface area (Å²) < 4.78 is 0. The second-order valence-electron chi connectivity index (χ2n) is 2.50. The zero-order valence-electron chi connectivity index (χ0n) is 6.16. The number of aromatic nitrogens is 3. The maximum atomic E-state index is 3.98. The Morgan fingerprint density at radius 2 is 2.50 bits per heavy atom. The molecule has 1 aromatic rings. The van der Waals surface area contributed by atoms with Crippen molar-refractivity contribution < 1.29 is 0 Å². The van der Waals surface area contributed by atoms with E-state index in [-0.39, 0.29) is 0 Å². The first-order chi connectivity index (χ1) is 4.79. The molecule has 56 valence electrons. The van der Waals surface area contributed by atoms with Gasteiger partial charge >= 0.3 is 0 Å². The summed E-state index contributed by atoms with van der Waals surface area (Å²) in [6, 6.07) is 0. The zero-order valence-corrected chi connectivity index (χ0v) is 6.98. The van der Waals surface area contributed by atoms with Crippen molar-refractivity contribution in [2.45, 2.75) is 19.0 Å². The van der Waals surface area contributed by atoms with Gasteiger partial charge in [0.15, 0.2) is 5.16 Å². The van der Waals surface area contributed by atoms with Crippen LogP contribution in [-0.2, 0) is 0 Å². The highest BCUT2D eigenvalue weighted by Crippen LogP contribution is 2.14. The van der Waals surface area contributed by atoms with Gasteiger partial charge in [-0.1, -0.05) is 25.6 Å². The molecule has 0 fully saturated rings. The molecule has 1 heterocycles. The fourth-order valence-electron chi connectivity index (χ4n) is 0.509. The lowest BCUT2D eigenvalue weighted by Gasteiger charge is -1.99. The Kier molecular flexibility index (Phi) is 2.74. The van der Waals surface area contributed by atoms with Gasteiger partial charge in [-0.25, -0.2) is 4.98 Å². The highest BCUT2D eigenvalue weighted by molar-refractivity contribution is 7.99. The second-order valence-corrected chi connectivity index (χ2v) is 3.50. The summed E-state index contributed by atoms with van der Waals surface area (Å²) in [5, 5.41) is 7.45. The minimum absolute atomic E-state index is 0.704. The highest BCUT2D eigenvalue weighted by atomic mass is 32.2. The van der Waals surface area contributed by atoms with Crippen molar-refractivity contribution in [1.82, 2.24) is 15.2 Å². The summed E-state index contributed by atoms with van der Waals surface area (Å²) in [7, 11) is 0. The molecule has 0 atom stereocenters. The molecule has 0 saturated carbocycles. The summed E-state index contributed by atoms with van der Waals surface area (Å²) in [5.74, 6) is 1.80. The van der Waals surface area contributed by atoms with Crippen LogP contribution < -0.4 is 0 Å². The van der Waals surface area contributed by atoms with E-state index in [0.717, 1.165) is 10.9 Å². The van der Waals surface area contributed by atoms with E-state index in [0.29, 0.717) is 5.92 Å². The molecule has 0 saturated heterocycles. The molecule has 3 nitrogen and oxygen atoms in total. The SMILES string of the molecule is CC(C)CSc1ncn[nH]1. The number of aromatic amines is 1. The van der Waals surface area contributed by atoms with E-state index in [9.17, 15) is 0 Å². The van der Waals surface area contributed by atoms with Gasteiger partial charge in [0, 0.05) is 5.75 Å². The van der Waals surface area contributed by atoms with Crippen LogP contribution in [0.4, 0.5) is 0 Å². The van der Waals surface area contributed by atoms with Crippen LogP contribution in [0.5, 0.6) is 0 Å². The Labute approximate surface area is 64.6 Å². The second kappa shape index (κ2) is 3.61. The third kappa shape index (κ3) is 2.39. The monoisotopic (exact) mass is 157 g/mol. The predicted octanol–water partition coefficient (Wildman–Crippen LogP) is 1.55. The third-order valence-corrected chi connectivity index (χ3v) is 2.25. The van der Waals surface area contributed by atoms with Crippen LogP contribution in [0.15, 0.2) is 11.5 Å². The lowest BCUT2D eigenvalue weighted by Crippen LogP contribution is -1.90. The average molecular weight is 157 g/mol. The summed E-state index contributed by atoms with van der Waals surface area (Å²) in [6.07, 6.45) is 1.53. The van der Waals surface area contributed by atoms with Crippen LogP contribution in [0.25, 0.3) is 0 Å². The van der Waals surface area contributed by atoms with Crippen LogP contribution in [0.3, 0.4) is 0 Å². The Hall–Kier alpha value is -0.510. The van der Waals surface area contributed by atoms with Crippen molar-refractivity contribution in [1.29, 1.82) is 0 Å².